The quantitative estimate of drug-likeness (QED) is 0.629. The Morgan fingerprint density at radius 2 is 2.04 bits per heavy atom. The highest BCUT2D eigenvalue weighted by Gasteiger charge is 2.18. The Balaban J connectivity index is 2.02. The monoisotopic (exact) mass is 364 g/mol. The molecule has 6 nitrogen and oxygen atoms in total. The average Bonchev–Trinajstić information content (AvgIpc) is 3.07. The first kappa shape index (κ1) is 17.1. The summed E-state index contributed by atoms with van der Waals surface area (Å²) in [5.74, 6) is 1.87. The second-order valence-electron chi connectivity index (χ2n) is 6.07. The normalized spacial score (nSPS) is 11.6. The fourth-order valence-electron chi connectivity index (χ4n) is 2.52. The molecule has 0 aliphatic heterocycles. The standard InChI is InChI=1S/C16H21ClN6S/c1-11-9-12-14(24-11)15(20-16(17)19-12)23(8-7-21(2)3)10-13-18-5-6-22(13)4/h5-6,9H,7-8,10H2,1-4H3. The highest BCUT2D eigenvalue weighted by Crippen LogP contribution is 2.33. The second kappa shape index (κ2) is 7.04. The van der Waals surface area contributed by atoms with Crippen LogP contribution in [0.1, 0.15) is 10.7 Å². The first-order chi connectivity index (χ1) is 11.4. The summed E-state index contributed by atoms with van der Waals surface area (Å²) >= 11 is 7.88. The summed E-state index contributed by atoms with van der Waals surface area (Å²) < 4.78 is 3.10. The van der Waals surface area contributed by atoms with Gasteiger partial charge in [0.05, 0.1) is 16.8 Å². The van der Waals surface area contributed by atoms with Crippen LogP contribution in [0.5, 0.6) is 0 Å². The van der Waals surface area contributed by atoms with Gasteiger partial charge in [0.25, 0.3) is 0 Å². The van der Waals surface area contributed by atoms with Crippen molar-refractivity contribution in [2.75, 3.05) is 32.1 Å². The Morgan fingerprint density at radius 1 is 1.25 bits per heavy atom. The molecule has 0 saturated heterocycles. The van der Waals surface area contributed by atoms with Crippen LogP contribution < -0.4 is 4.90 Å². The summed E-state index contributed by atoms with van der Waals surface area (Å²) in [4.78, 5) is 18.9. The Kier molecular flexibility index (Phi) is 5.03. The largest absolute Gasteiger partial charge is 0.347 e. The molecule has 0 N–H and O–H groups in total. The third kappa shape index (κ3) is 3.68. The van der Waals surface area contributed by atoms with Gasteiger partial charge in [0.15, 0.2) is 5.82 Å². The van der Waals surface area contributed by atoms with Gasteiger partial charge in [0, 0.05) is 37.4 Å². The molecule has 3 heterocycles. The molecule has 3 rings (SSSR count). The van der Waals surface area contributed by atoms with Crippen LogP contribution in [0.3, 0.4) is 0 Å². The van der Waals surface area contributed by atoms with E-state index in [0.717, 1.165) is 34.9 Å². The van der Waals surface area contributed by atoms with Crippen molar-refractivity contribution in [3.8, 4) is 0 Å². The molecule has 128 valence electrons. The van der Waals surface area contributed by atoms with Crippen LogP contribution in [0.25, 0.3) is 10.2 Å². The minimum absolute atomic E-state index is 0.282. The number of hydrogen-bond acceptors (Lipinski definition) is 6. The maximum atomic E-state index is 6.18. The van der Waals surface area contributed by atoms with Crippen molar-refractivity contribution in [3.63, 3.8) is 0 Å². The van der Waals surface area contributed by atoms with Gasteiger partial charge in [-0.15, -0.1) is 11.3 Å². The van der Waals surface area contributed by atoms with Gasteiger partial charge < -0.3 is 14.4 Å². The maximum absolute atomic E-state index is 6.18. The van der Waals surface area contributed by atoms with Crippen molar-refractivity contribution in [2.45, 2.75) is 13.5 Å². The molecule has 0 fully saturated rings. The van der Waals surface area contributed by atoms with Crippen molar-refractivity contribution in [1.29, 1.82) is 0 Å². The first-order valence-corrected chi connectivity index (χ1v) is 8.93. The Morgan fingerprint density at radius 3 is 2.71 bits per heavy atom. The summed E-state index contributed by atoms with van der Waals surface area (Å²) in [5.41, 5.74) is 0.905. The highest BCUT2D eigenvalue weighted by atomic mass is 35.5. The number of fused-ring (bicyclic) bond motifs is 1. The molecule has 0 radical (unpaired) electrons. The van der Waals surface area contributed by atoms with E-state index in [9.17, 15) is 0 Å². The van der Waals surface area contributed by atoms with E-state index in [0.29, 0.717) is 6.54 Å². The number of imidazole rings is 1. The number of halogens is 1. The predicted octanol–water partition coefficient (Wildman–Crippen LogP) is 2.95. The lowest BCUT2D eigenvalue weighted by Crippen LogP contribution is -2.33. The number of likely N-dealkylation sites (N-methyl/N-ethyl adjacent to an activating group) is 1. The topological polar surface area (TPSA) is 50.1 Å². The number of aryl methyl sites for hydroxylation is 2. The molecular weight excluding hydrogens is 344 g/mol. The zero-order valence-corrected chi connectivity index (χ0v) is 15.9. The fraction of sp³-hybridized carbons (Fsp3) is 0.438. The molecule has 0 atom stereocenters. The van der Waals surface area contributed by atoms with Gasteiger partial charge in [-0.05, 0) is 38.7 Å². The van der Waals surface area contributed by atoms with Crippen molar-refractivity contribution in [1.82, 2.24) is 24.4 Å². The van der Waals surface area contributed by atoms with Crippen molar-refractivity contribution in [3.05, 3.63) is 34.4 Å². The zero-order valence-electron chi connectivity index (χ0n) is 14.3. The van der Waals surface area contributed by atoms with Gasteiger partial charge in [0.1, 0.15) is 5.82 Å². The minimum atomic E-state index is 0.282. The smallest absolute Gasteiger partial charge is 0.224 e. The van der Waals surface area contributed by atoms with E-state index in [1.165, 1.54) is 4.88 Å². The Labute approximate surface area is 150 Å². The number of anilines is 1. The zero-order chi connectivity index (χ0) is 17.3. The Bertz CT molecular complexity index is 840. The molecular formula is C16H21ClN6S. The summed E-state index contributed by atoms with van der Waals surface area (Å²) in [7, 11) is 6.14. The van der Waals surface area contributed by atoms with Crippen LogP contribution in [0.15, 0.2) is 18.5 Å². The van der Waals surface area contributed by atoms with E-state index in [1.54, 1.807) is 11.3 Å². The van der Waals surface area contributed by atoms with E-state index in [2.05, 4.69) is 51.8 Å². The molecule has 0 unspecified atom stereocenters. The summed E-state index contributed by atoms with van der Waals surface area (Å²) in [6, 6.07) is 2.06. The lowest BCUT2D eigenvalue weighted by Gasteiger charge is -2.25. The predicted molar refractivity (Wildman–Crippen MR) is 100.0 cm³/mol. The lowest BCUT2D eigenvalue weighted by molar-refractivity contribution is 0.411. The number of rotatable bonds is 6. The minimum Gasteiger partial charge on any atom is -0.347 e. The molecule has 24 heavy (non-hydrogen) atoms. The number of hydrogen-bond donors (Lipinski definition) is 0. The van der Waals surface area contributed by atoms with Crippen molar-refractivity contribution in [2.24, 2.45) is 7.05 Å². The molecule has 0 aliphatic carbocycles. The van der Waals surface area contributed by atoms with E-state index < -0.39 is 0 Å². The molecule has 0 aromatic carbocycles. The second-order valence-corrected chi connectivity index (χ2v) is 7.66. The van der Waals surface area contributed by atoms with Crippen LogP contribution in [0, 0.1) is 6.92 Å². The third-order valence-electron chi connectivity index (χ3n) is 3.82. The van der Waals surface area contributed by atoms with Crippen LogP contribution in [0.2, 0.25) is 5.28 Å². The van der Waals surface area contributed by atoms with Gasteiger partial charge in [-0.25, -0.2) is 9.97 Å². The molecule has 0 aliphatic rings. The fourth-order valence-corrected chi connectivity index (χ4v) is 3.66. The number of aromatic nitrogens is 4. The number of nitrogens with zero attached hydrogens (tertiary/aromatic N) is 6. The van der Waals surface area contributed by atoms with E-state index >= 15 is 0 Å². The summed E-state index contributed by atoms with van der Waals surface area (Å²) in [6.07, 6.45) is 3.77. The molecule has 0 spiro atoms. The average molecular weight is 365 g/mol. The van der Waals surface area contributed by atoms with Crippen LogP contribution >= 0.6 is 22.9 Å². The van der Waals surface area contributed by atoms with E-state index in [4.69, 9.17) is 11.6 Å². The molecule has 3 aromatic rings. The van der Waals surface area contributed by atoms with Gasteiger partial charge in [-0.3, -0.25) is 0 Å². The van der Waals surface area contributed by atoms with Crippen LogP contribution in [-0.2, 0) is 13.6 Å². The summed E-state index contributed by atoms with van der Waals surface area (Å²) in [6.45, 7) is 4.50. The van der Waals surface area contributed by atoms with Crippen LogP contribution in [0.4, 0.5) is 5.82 Å². The van der Waals surface area contributed by atoms with Crippen molar-refractivity contribution >= 4 is 39.0 Å². The lowest BCUT2D eigenvalue weighted by atomic mass is 10.3. The maximum Gasteiger partial charge on any atom is 0.224 e. The first-order valence-electron chi connectivity index (χ1n) is 7.73. The van der Waals surface area contributed by atoms with Crippen molar-refractivity contribution < 1.29 is 0 Å². The third-order valence-corrected chi connectivity index (χ3v) is 5.02. The molecule has 0 amide bonds. The molecule has 0 bridgehead atoms. The summed E-state index contributed by atoms with van der Waals surface area (Å²) in [5, 5.41) is 0.282. The van der Waals surface area contributed by atoms with E-state index in [1.807, 2.05) is 24.0 Å². The van der Waals surface area contributed by atoms with Gasteiger partial charge in [-0.2, -0.15) is 4.98 Å². The highest BCUT2D eigenvalue weighted by molar-refractivity contribution is 7.19. The van der Waals surface area contributed by atoms with Gasteiger partial charge in [-0.1, -0.05) is 0 Å². The SMILES string of the molecule is Cc1cc2nc(Cl)nc(N(CCN(C)C)Cc3nccn3C)c2s1. The number of thiophene rings is 1. The van der Waals surface area contributed by atoms with Crippen LogP contribution in [-0.4, -0.2) is 51.6 Å². The van der Waals surface area contributed by atoms with Gasteiger partial charge >= 0.3 is 0 Å². The molecule has 3 aromatic heterocycles. The molecule has 0 saturated carbocycles. The molecule has 8 heteroatoms. The van der Waals surface area contributed by atoms with E-state index in [-0.39, 0.29) is 5.28 Å². The Hall–Kier alpha value is -1.70. The van der Waals surface area contributed by atoms with Gasteiger partial charge in [0.2, 0.25) is 5.28 Å².